The molecule has 0 bridgehead atoms. The van der Waals surface area contributed by atoms with Gasteiger partial charge in [0.05, 0.1) is 5.69 Å². The number of pyridine rings is 1. The molecule has 0 aromatic carbocycles. The Hall–Kier alpha value is -1.58. The summed E-state index contributed by atoms with van der Waals surface area (Å²) in [6.07, 6.45) is 2.57. The Balaban J connectivity index is 2.64. The van der Waals surface area contributed by atoms with Crippen LogP contribution in [0.5, 0.6) is 0 Å². The van der Waals surface area contributed by atoms with Gasteiger partial charge in [0, 0.05) is 12.7 Å². The van der Waals surface area contributed by atoms with Crippen molar-refractivity contribution in [2.45, 2.75) is 27.2 Å². The van der Waals surface area contributed by atoms with Crippen LogP contribution >= 0.6 is 0 Å². The molecule has 0 unspecified atom stereocenters. The molecule has 0 saturated heterocycles. The van der Waals surface area contributed by atoms with E-state index < -0.39 is 0 Å². The van der Waals surface area contributed by atoms with Gasteiger partial charge in [0.15, 0.2) is 5.69 Å². The zero-order chi connectivity index (χ0) is 12.2. The van der Waals surface area contributed by atoms with Crippen LogP contribution in [0.3, 0.4) is 0 Å². The second-order valence-electron chi connectivity index (χ2n) is 4.64. The van der Waals surface area contributed by atoms with Crippen LogP contribution in [0.15, 0.2) is 18.3 Å². The fourth-order valence-corrected chi connectivity index (χ4v) is 1.14. The topological polar surface area (TPSA) is 68.0 Å². The fourth-order valence-electron chi connectivity index (χ4n) is 1.14. The summed E-state index contributed by atoms with van der Waals surface area (Å²) < 4.78 is 0. The van der Waals surface area contributed by atoms with Gasteiger partial charge in [-0.1, -0.05) is 20.8 Å². The molecule has 1 aromatic heterocycles. The summed E-state index contributed by atoms with van der Waals surface area (Å²) in [6.45, 7) is 6.93. The number of amides is 1. The number of nitrogens with two attached hydrogens (primary N) is 1. The molecule has 1 heterocycles. The van der Waals surface area contributed by atoms with E-state index in [0.717, 1.165) is 6.42 Å². The van der Waals surface area contributed by atoms with Gasteiger partial charge >= 0.3 is 0 Å². The van der Waals surface area contributed by atoms with Crippen LogP contribution in [0.1, 0.15) is 37.7 Å². The molecular formula is C12H19N3O. The van der Waals surface area contributed by atoms with Gasteiger partial charge in [-0.25, -0.2) is 4.98 Å². The molecule has 4 heteroatoms. The summed E-state index contributed by atoms with van der Waals surface area (Å²) in [7, 11) is 0. The molecule has 0 fully saturated rings. The van der Waals surface area contributed by atoms with Gasteiger partial charge in [-0.3, -0.25) is 4.79 Å². The minimum Gasteiger partial charge on any atom is -0.397 e. The highest BCUT2D eigenvalue weighted by molar-refractivity contribution is 5.96. The van der Waals surface area contributed by atoms with Crippen molar-refractivity contribution in [3.63, 3.8) is 0 Å². The maximum absolute atomic E-state index is 11.8. The zero-order valence-electron chi connectivity index (χ0n) is 10.1. The number of nitrogen functional groups attached to an aromatic ring is 1. The molecule has 0 radical (unpaired) electrons. The lowest BCUT2D eigenvalue weighted by atomic mass is 9.90. The van der Waals surface area contributed by atoms with Gasteiger partial charge in [-0.15, -0.1) is 0 Å². The predicted molar refractivity (Wildman–Crippen MR) is 65.1 cm³/mol. The van der Waals surface area contributed by atoms with E-state index >= 15 is 0 Å². The van der Waals surface area contributed by atoms with Gasteiger partial charge in [0.25, 0.3) is 5.91 Å². The first-order valence-corrected chi connectivity index (χ1v) is 5.45. The Kier molecular flexibility index (Phi) is 3.88. The van der Waals surface area contributed by atoms with Gasteiger partial charge in [-0.2, -0.15) is 0 Å². The Labute approximate surface area is 96.3 Å². The minimum atomic E-state index is -0.209. The Morgan fingerprint density at radius 2 is 2.25 bits per heavy atom. The molecular weight excluding hydrogens is 202 g/mol. The Morgan fingerprint density at radius 3 is 2.81 bits per heavy atom. The van der Waals surface area contributed by atoms with Crippen molar-refractivity contribution in [2.75, 3.05) is 12.3 Å². The van der Waals surface area contributed by atoms with Crippen LogP contribution in [-0.4, -0.2) is 17.4 Å². The molecule has 0 aliphatic heterocycles. The standard InChI is InChI=1S/C12H19N3O/c1-4-12(2,3)8-15-11(16)10-9(13)6-5-7-14-10/h5-7H,4,8,13H2,1-3H3,(H,15,16). The van der Waals surface area contributed by atoms with E-state index in [2.05, 4.69) is 31.1 Å². The van der Waals surface area contributed by atoms with Crippen molar-refractivity contribution >= 4 is 11.6 Å². The van der Waals surface area contributed by atoms with Crippen molar-refractivity contribution < 1.29 is 4.79 Å². The molecule has 1 rings (SSSR count). The van der Waals surface area contributed by atoms with E-state index in [1.807, 2.05) is 0 Å². The van der Waals surface area contributed by atoms with Gasteiger partial charge < -0.3 is 11.1 Å². The third kappa shape index (κ3) is 3.22. The van der Waals surface area contributed by atoms with E-state index in [9.17, 15) is 4.79 Å². The van der Waals surface area contributed by atoms with Gasteiger partial charge in [0.2, 0.25) is 0 Å². The summed E-state index contributed by atoms with van der Waals surface area (Å²) in [4.78, 5) is 15.7. The SMILES string of the molecule is CCC(C)(C)CNC(=O)c1ncccc1N. The molecule has 0 atom stereocenters. The fraction of sp³-hybridized carbons (Fsp3) is 0.500. The number of nitrogens with one attached hydrogen (secondary N) is 1. The smallest absolute Gasteiger partial charge is 0.272 e. The van der Waals surface area contributed by atoms with Crippen LogP contribution in [0.4, 0.5) is 5.69 Å². The quantitative estimate of drug-likeness (QED) is 0.815. The average Bonchev–Trinajstić information content (AvgIpc) is 2.27. The highest BCUT2D eigenvalue weighted by Gasteiger charge is 2.18. The Bertz CT molecular complexity index is 374. The van der Waals surface area contributed by atoms with Crippen molar-refractivity contribution in [2.24, 2.45) is 5.41 Å². The number of aromatic nitrogens is 1. The molecule has 4 nitrogen and oxygen atoms in total. The number of rotatable bonds is 4. The van der Waals surface area contributed by atoms with Crippen molar-refractivity contribution in [3.05, 3.63) is 24.0 Å². The van der Waals surface area contributed by atoms with Crippen molar-refractivity contribution in [3.8, 4) is 0 Å². The first-order chi connectivity index (χ1) is 7.46. The second kappa shape index (κ2) is 4.96. The highest BCUT2D eigenvalue weighted by atomic mass is 16.1. The third-order valence-corrected chi connectivity index (χ3v) is 2.74. The molecule has 0 spiro atoms. The summed E-state index contributed by atoms with van der Waals surface area (Å²) in [6, 6.07) is 3.38. The summed E-state index contributed by atoms with van der Waals surface area (Å²) in [5, 5.41) is 2.85. The van der Waals surface area contributed by atoms with Crippen LogP contribution in [0.25, 0.3) is 0 Å². The van der Waals surface area contributed by atoms with E-state index in [1.165, 1.54) is 0 Å². The first kappa shape index (κ1) is 12.5. The lowest BCUT2D eigenvalue weighted by Gasteiger charge is -2.22. The minimum absolute atomic E-state index is 0.0964. The summed E-state index contributed by atoms with van der Waals surface area (Å²) in [5.74, 6) is -0.209. The van der Waals surface area contributed by atoms with Crippen LogP contribution in [0.2, 0.25) is 0 Å². The molecule has 16 heavy (non-hydrogen) atoms. The number of hydrogen-bond donors (Lipinski definition) is 2. The van der Waals surface area contributed by atoms with Crippen molar-refractivity contribution in [1.82, 2.24) is 10.3 Å². The van der Waals surface area contributed by atoms with Crippen LogP contribution < -0.4 is 11.1 Å². The molecule has 0 aliphatic rings. The maximum atomic E-state index is 11.8. The molecule has 1 aromatic rings. The van der Waals surface area contributed by atoms with E-state index in [-0.39, 0.29) is 11.3 Å². The number of carbonyl (C=O) groups is 1. The summed E-state index contributed by atoms with van der Waals surface area (Å²) >= 11 is 0. The average molecular weight is 221 g/mol. The van der Waals surface area contributed by atoms with E-state index in [1.54, 1.807) is 18.3 Å². The van der Waals surface area contributed by atoms with Crippen LogP contribution in [0, 0.1) is 5.41 Å². The van der Waals surface area contributed by atoms with Gasteiger partial charge in [0.1, 0.15) is 0 Å². The normalized spacial score (nSPS) is 11.2. The van der Waals surface area contributed by atoms with E-state index in [0.29, 0.717) is 17.9 Å². The highest BCUT2D eigenvalue weighted by Crippen LogP contribution is 2.18. The predicted octanol–water partition coefficient (Wildman–Crippen LogP) is 1.83. The number of carbonyl (C=O) groups excluding carboxylic acids is 1. The molecule has 0 aliphatic carbocycles. The third-order valence-electron chi connectivity index (χ3n) is 2.74. The monoisotopic (exact) mass is 221 g/mol. The second-order valence-corrected chi connectivity index (χ2v) is 4.64. The number of anilines is 1. The first-order valence-electron chi connectivity index (χ1n) is 5.45. The van der Waals surface area contributed by atoms with Crippen LogP contribution in [-0.2, 0) is 0 Å². The van der Waals surface area contributed by atoms with E-state index in [4.69, 9.17) is 5.73 Å². The lowest BCUT2D eigenvalue weighted by Crippen LogP contribution is -2.34. The maximum Gasteiger partial charge on any atom is 0.272 e. The molecule has 3 N–H and O–H groups in total. The van der Waals surface area contributed by atoms with Crippen molar-refractivity contribution in [1.29, 1.82) is 0 Å². The number of nitrogens with zero attached hydrogens (tertiary/aromatic N) is 1. The number of hydrogen-bond acceptors (Lipinski definition) is 3. The zero-order valence-corrected chi connectivity index (χ0v) is 10.1. The van der Waals surface area contributed by atoms with Gasteiger partial charge in [-0.05, 0) is 24.0 Å². The summed E-state index contributed by atoms with van der Waals surface area (Å²) in [5.41, 5.74) is 6.48. The molecule has 1 amide bonds. The molecule has 88 valence electrons. The largest absolute Gasteiger partial charge is 0.397 e. The Morgan fingerprint density at radius 1 is 1.56 bits per heavy atom. The lowest BCUT2D eigenvalue weighted by molar-refractivity contribution is 0.0931. The molecule has 0 saturated carbocycles.